The second kappa shape index (κ2) is 6.19. The fourth-order valence-electron chi connectivity index (χ4n) is 1.96. The summed E-state index contributed by atoms with van der Waals surface area (Å²) >= 11 is 1.56. The van der Waals surface area contributed by atoms with E-state index in [0.717, 1.165) is 11.3 Å². The highest BCUT2D eigenvalue weighted by Gasteiger charge is 2.31. The minimum atomic E-state index is -0.934. The van der Waals surface area contributed by atoms with Gasteiger partial charge in [-0.25, -0.2) is 4.98 Å². The number of aromatic nitrogens is 1. The van der Waals surface area contributed by atoms with Gasteiger partial charge in [-0.3, -0.25) is 10.1 Å². The number of aliphatic carboxylic acids is 1. The summed E-state index contributed by atoms with van der Waals surface area (Å²) in [5, 5.41) is 14.3. The van der Waals surface area contributed by atoms with Crippen molar-refractivity contribution in [1.82, 2.24) is 10.3 Å². The number of oxazole rings is 1. The van der Waals surface area contributed by atoms with E-state index in [2.05, 4.69) is 10.3 Å². The molecule has 0 aliphatic carbocycles. The summed E-state index contributed by atoms with van der Waals surface area (Å²) in [5.74, 6) is -0.273. The third-order valence-electron chi connectivity index (χ3n) is 3.17. The lowest BCUT2D eigenvalue weighted by atomic mass is 9.96. The molecule has 0 spiro atoms. The van der Waals surface area contributed by atoms with E-state index < -0.39 is 11.5 Å². The predicted octanol–water partition coefficient (Wildman–Crippen LogP) is 3.14. The van der Waals surface area contributed by atoms with Crippen LogP contribution in [0.2, 0.25) is 0 Å². The number of carbonyl (C=O) groups is 1. The van der Waals surface area contributed by atoms with Crippen LogP contribution < -0.4 is 5.32 Å². The second-order valence-corrected chi connectivity index (χ2v) is 5.81. The maximum Gasteiger partial charge on any atom is 0.323 e. The Hall–Kier alpha value is -1.66. The summed E-state index contributed by atoms with van der Waals surface area (Å²) in [4.78, 5) is 16.6. The van der Waals surface area contributed by atoms with Gasteiger partial charge in [0.15, 0.2) is 0 Å². The number of hydrogen-bond donors (Lipinski definition) is 2. The lowest BCUT2D eigenvalue weighted by Gasteiger charge is -2.25. The van der Waals surface area contributed by atoms with Crippen molar-refractivity contribution in [2.75, 3.05) is 0 Å². The Morgan fingerprint density at radius 1 is 1.60 bits per heavy atom. The fraction of sp³-hybridized carbons (Fsp3) is 0.429. The maximum absolute atomic E-state index is 11.3. The van der Waals surface area contributed by atoms with Gasteiger partial charge in [0.1, 0.15) is 11.8 Å². The molecule has 2 heterocycles. The Morgan fingerprint density at radius 2 is 2.40 bits per heavy atom. The molecular formula is C14H18N2O3S. The number of nitrogens with zero attached hydrogens (tertiary/aromatic N) is 1. The molecular weight excluding hydrogens is 276 g/mol. The van der Waals surface area contributed by atoms with Gasteiger partial charge in [-0.15, -0.1) is 11.3 Å². The van der Waals surface area contributed by atoms with E-state index in [1.165, 1.54) is 0 Å². The molecule has 0 aliphatic rings. The molecule has 2 aromatic heterocycles. The average molecular weight is 294 g/mol. The van der Waals surface area contributed by atoms with E-state index >= 15 is 0 Å². The largest absolute Gasteiger partial charge is 0.480 e. The number of thiophene rings is 1. The molecule has 108 valence electrons. The first-order valence-electron chi connectivity index (χ1n) is 6.52. The van der Waals surface area contributed by atoms with Crippen LogP contribution in [0.1, 0.15) is 32.4 Å². The molecule has 6 heteroatoms. The van der Waals surface area contributed by atoms with E-state index in [1.807, 2.05) is 24.4 Å². The van der Waals surface area contributed by atoms with Crippen LogP contribution in [0.15, 0.2) is 28.2 Å². The minimum Gasteiger partial charge on any atom is -0.480 e. The topological polar surface area (TPSA) is 75.4 Å². The molecule has 0 amide bonds. The molecule has 5 nitrogen and oxygen atoms in total. The quantitative estimate of drug-likeness (QED) is 0.820. The second-order valence-electron chi connectivity index (χ2n) is 4.86. The zero-order chi connectivity index (χ0) is 14.6. The maximum atomic E-state index is 11.3. The summed E-state index contributed by atoms with van der Waals surface area (Å²) in [6.07, 6.45) is 2.93. The van der Waals surface area contributed by atoms with Gasteiger partial charge in [0.25, 0.3) is 0 Å². The van der Waals surface area contributed by atoms with Crippen LogP contribution in [0.4, 0.5) is 0 Å². The third-order valence-corrected chi connectivity index (χ3v) is 4.02. The lowest BCUT2D eigenvalue weighted by Crippen LogP contribution is -2.48. The number of hydrogen-bond acceptors (Lipinski definition) is 5. The molecule has 1 unspecified atom stereocenters. The summed E-state index contributed by atoms with van der Waals surface area (Å²) in [7, 11) is 0. The molecule has 2 N–H and O–H groups in total. The van der Waals surface area contributed by atoms with Crippen molar-refractivity contribution in [2.24, 2.45) is 0 Å². The van der Waals surface area contributed by atoms with Gasteiger partial charge < -0.3 is 9.52 Å². The van der Waals surface area contributed by atoms with Crippen LogP contribution >= 0.6 is 11.3 Å². The van der Waals surface area contributed by atoms with Crippen LogP contribution in [0.5, 0.6) is 0 Å². The molecule has 2 aromatic rings. The van der Waals surface area contributed by atoms with Crippen LogP contribution in [-0.4, -0.2) is 21.6 Å². The van der Waals surface area contributed by atoms with E-state index in [1.54, 1.807) is 24.5 Å². The van der Waals surface area contributed by atoms with Gasteiger partial charge >= 0.3 is 5.97 Å². The van der Waals surface area contributed by atoms with Crippen molar-refractivity contribution in [3.63, 3.8) is 0 Å². The molecule has 0 saturated heterocycles. The number of rotatable bonds is 7. The first-order chi connectivity index (χ1) is 9.55. The standard InChI is InChI=1S/C14H18N2O3S/c1-3-6-14(2,13(17)18)15-8-10-9-19-12(16-10)11-5-4-7-20-11/h4-5,7,9,15H,3,6,8H2,1-2H3,(H,17,18). The first-order valence-corrected chi connectivity index (χ1v) is 7.40. The highest BCUT2D eigenvalue weighted by Crippen LogP contribution is 2.24. The monoisotopic (exact) mass is 294 g/mol. The molecule has 0 fully saturated rings. The van der Waals surface area contributed by atoms with Crippen molar-refractivity contribution in [1.29, 1.82) is 0 Å². The van der Waals surface area contributed by atoms with Crippen molar-refractivity contribution in [2.45, 2.75) is 38.8 Å². The first kappa shape index (κ1) is 14.7. The molecule has 0 bridgehead atoms. The zero-order valence-corrected chi connectivity index (χ0v) is 12.4. The summed E-state index contributed by atoms with van der Waals surface area (Å²) in [5.41, 5.74) is -0.228. The van der Waals surface area contributed by atoms with E-state index in [4.69, 9.17) is 4.42 Å². The van der Waals surface area contributed by atoms with Crippen LogP contribution in [0.25, 0.3) is 10.8 Å². The number of nitrogens with one attached hydrogen (secondary N) is 1. The van der Waals surface area contributed by atoms with Crippen molar-refractivity contribution in [3.8, 4) is 10.8 Å². The summed E-state index contributed by atoms with van der Waals surface area (Å²) < 4.78 is 5.41. The summed E-state index contributed by atoms with van der Waals surface area (Å²) in [6, 6.07) is 3.87. The van der Waals surface area contributed by atoms with Crippen LogP contribution in [-0.2, 0) is 11.3 Å². The molecule has 0 radical (unpaired) electrons. The average Bonchev–Trinajstić information content (AvgIpc) is 3.07. The van der Waals surface area contributed by atoms with E-state index in [-0.39, 0.29) is 0 Å². The Kier molecular flexibility index (Phi) is 4.57. The highest BCUT2D eigenvalue weighted by atomic mass is 32.1. The smallest absolute Gasteiger partial charge is 0.323 e. The Labute approximate surface area is 121 Å². The lowest BCUT2D eigenvalue weighted by molar-refractivity contribution is -0.144. The zero-order valence-electron chi connectivity index (χ0n) is 11.5. The van der Waals surface area contributed by atoms with Crippen LogP contribution in [0, 0.1) is 0 Å². The van der Waals surface area contributed by atoms with Crippen LogP contribution in [0.3, 0.4) is 0 Å². The molecule has 2 rings (SSSR count). The SMILES string of the molecule is CCCC(C)(NCc1coc(-c2cccs2)n1)C(=O)O. The van der Waals surface area contributed by atoms with Gasteiger partial charge in [0.2, 0.25) is 5.89 Å². The molecule has 0 aromatic carbocycles. The molecule has 1 atom stereocenters. The van der Waals surface area contributed by atoms with Gasteiger partial charge in [-0.05, 0) is 24.8 Å². The highest BCUT2D eigenvalue weighted by molar-refractivity contribution is 7.13. The van der Waals surface area contributed by atoms with Gasteiger partial charge in [-0.2, -0.15) is 0 Å². The number of carboxylic acid groups (broad SMARTS) is 1. The van der Waals surface area contributed by atoms with Crippen molar-refractivity contribution >= 4 is 17.3 Å². The fourth-order valence-corrected chi connectivity index (χ4v) is 2.61. The predicted molar refractivity (Wildman–Crippen MR) is 77.6 cm³/mol. The Balaban J connectivity index is 2.02. The van der Waals surface area contributed by atoms with Gasteiger partial charge in [0, 0.05) is 6.54 Å². The third kappa shape index (κ3) is 3.26. The Bertz CT molecular complexity index is 565. The van der Waals surface area contributed by atoms with Gasteiger partial charge in [0.05, 0.1) is 10.6 Å². The molecule has 0 saturated carbocycles. The van der Waals surface area contributed by atoms with Crippen molar-refractivity contribution in [3.05, 3.63) is 29.5 Å². The van der Waals surface area contributed by atoms with Gasteiger partial charge in [-0.1, -0.05) is 19.4 Å². The Morgan fingerprint density at radius 3 is 3.00 bits per heavy atom. The van der Waals surface area contributed by atoms with E-state index in [0.29, 0.717) is 24.6 Å². The summed E-state index contributed by atoms with van der Waals surface area (Å²) in [6.45, 7) is 4.03. The number of carboxylic acids is 1. The minimum absolute atomic E-state index is 0.373. The van der Waals surface area contributed by atoms with E-state index in [9.17, 15) is 9.90 Å². The molecule has 20 heavy (non-hydrogen) atoms. The van der Waals surface area contributed by atoms with Crippen molar-refractivity contribution < 1.29 is 14.3 Å². The normalized spacial score (nSPS) is 14.1. The molecule has 0 aliphatic heterocycles.